The predicted octanol–water partition coefficient (Wildman–Crippen LogP) is 9.08. The number of hydrogen-bond donors (Lipinski definition) is 2. The highest BCUT2D eigenvalue weighted by Crippen LogP contribution is 2.39. The number of alkyl halides is 3. The number of amides is 1. The first-order valence-electron chi connectivity index (χ1n) is 16.6. The summed E-state index contributed by atoms with van der Waals surface area (Å²) in [6.07, 6.45) is -0.192. The normalized spacial score (nSPS) is 17.8. The second-order valence-corrected chi connectivity index (χ2v) is 14.8. The van der Waals surface area contributed by atoms with Crippen LogP contribution in [0.1, 0.15) is 52.2 Å². The van der Waals surface area contributed by atoms with Crippen molar-refractivity contribution in [1.29, 1.82) is 0 Å². The highest BCUT2D eigenvalue weighted by molar-refractivity contribution is 6.76. The number of nitrogens with one attached hydrogen (secondary N) is 1. The molecule has 0 aromatic heterocycles. The molecule has 5 aromatic rings. The van der Waals surface area contributed by atoms with E-state index in [4.69, 9.17) is 44.3 Å². The number of halogens is 3. The van der Waals surface area contributed by atoms with E-state index in [1.54, 1.807) is 0 Å². The molecule has 1 aliphatic rings. The molecule has 1 aliphatic heterocycles. The fraction of sp³-hybridized carbons (Fsp3) is 0.244. The first-order chi connectivity index (χ1) is 24.2. The molecule has 2 N–H and O–H groups in total. The fourth-order valence-corrected chi connectivity index (χ4v) is 6.37. The lowest BCUT2D eigenvalue weighted by atomic mass is 9.98. The molecule has 0 radical (unpaired) electrons. The van der Waals surface area contributed by atoms with Crippen molar-refractivity contribution >= 4 is 40.7 Å². The van der Waals surface area contributed by atoms with E-state index in [0.29, 0.717) is 13.0 Å². The molecule has 5 aromatic carbocycles. The first-order valence-corrected chi connectivity index (χ1v) is 17.7. The summed E-state index contributed by atoms with van der Waals surface area (Å²) in [5.74, 6) is -0.672. The molecule has 0 bridgehead atoms. The molecular weight excluding hydrogens is 691 g/mol. The molecule has 3 atom stereocenters. The summed E-state index contributed by atoms with van der Waals surface area (Å²) in [5, 5.41) is 12.3. The zero-order valence-corrected chi connectivity index (χ0v) is 29.7. The Balaban J connectivity index is 1.22. The molecule has 50 heavy (non-hydrogen) atoms. The van der Waals surface area contributed by atoms with Gasteiger partial charge >= 0.3 is 0 Å². The lowest BCUT2D eigenvalue weighted by Crippen LogP contribution is -2.39. The molecule has 6 nitrogen and oxygen atoms in total. The van der Waals surface area contributed by atoms with Crippen molar-refractivity contribution in [3.63, 3.8) is 0 Å². The van der Waals surface area contributed by atoms with Crippen molar-refractivity contribution in [3.05, 3.63) is 167 Å². The minimum Gasteiger partial charge on any atom is -0.392 e. The molecule has 0 saturated carbocycles. The Bertz CT molecular complexity index is 1780. The Kier molecular flexibility index (Phi) is 12.3. The van der Waals surface area contributed by atoms with Crippen LogP contribution in [-0.4, -0.2) is 32.4 Å². The van der Waals surface area contributed by atoms with Gasteiger partial charge in [-0.2, -0.15) is 0 Å². The standard InChI is InChI=1S/C41H39Cl3N2O4/c42-41(43,44)40(48)45-24-32-12-7-13-36(22-32)33-18-20-35(21-19-33)39-49-37(23-38(50-39)34-16-14-31(28-47)15-17-34)27-46(25-29-8-3-1-4-9-29)26-30-10-5-2-6-11-30/h1-22,37-39,47H,23-28H2,(H,45,48). The zero-order valence-electron chi connectivity index (χ0n) is 27.4. The van der Waals surface area contributed by atoms with Crippen LogP contribution in [0.4, 0.5) is 0 Å². The van der Waals surface area contributed by atoms with Crippen LogP contribution >= 0.6 is 34.8 Å². The van der Waals surface area contributed by atoms with E-state index in [2.05, 4.69) is 58.7 Å². The summed E-state index contributed by atoms with van der Waals surface area (Å²) in [6.45, 7) is 2.52. The van der Waals surface area contributed by atoms with Gasteiger partial charge in [-0.05, 0) is 45.0 Å². The van der Waals surface area contributed by atoms with E-state index in [0.717, 1.165) is 46.5 Å². The third-order valence-corrected chi connectivity index (χ3v) is 9.24. The summed E-state index contributed by atoms with van der Waals surface area (Å²) < 4.78 is 11.4. The van der Waals surface area contributed by atoms with Crippen molar-refractivity contribution in [1.82, 2.24) is 10.2 Å². The number of hydrogen-bond acceptors (Lipinski definition) is 5. The van der Waals surface area contributed by atoms with Gasteiger partial charge in [0.1, 0.15) is 0 Å². The predicted molar refractivity (Wildman–Crippen MR) is 199 cm³/mol. The third kappa shape index (κ3) is 9.95. The maximum atomic E-state index is 12.0. The van der Waals surface area contributed by atoms with E-state index >= 15 is 0 Å². The van der Waals surface area contributed by atoms with Crippen LogP contribution in [0.2, 0.25) is 0 Å². The van der Waals surface area contributed by atoms with E-state index in [-0.39, 0.29) is 25.4 Å². The van der Waals surface area contributed by atoms with Crippen molar-refractivity contribution in [3.8, 4) is 11.1 Å². The number of benzene rings is 5. The van der Waals surface area contributed by atoms with Crippen molar-refractivity contribution in [2.75, 3.05) is 6.54 Å². The Morgan fingerprint density at radius 1 is 0.700 bits per heavy atom. The number of aliphatic hydroxyl groups excluding tert-OH is 1. The smallest absolute Gasteiger partial charge is 0.272 e. The van der Waals surface area contributed by atoms with Crippen molar-refractivity contribution in [2.45, 2.75) is 55.0 Å². The van der Waals surface area contributed by atoms with E-state index in [9.17, 15) is 9.90 Å². The molecule has 0 spiro atoms. The molecule has 1 heterocycles. The van der Waals surface area contributed by atoms with Gasteiger partial charge in [0.25, 0.3) is 9.70 Å². The molecule has 1 saturated heterocycles. The quantitative estimate of drug-likeness (QED) is 0.126. The SMILES string of the molecule is O=C(NCc1cccc(-c2ccc(C3OC(CN(Cc4ccccc4)Cc4ccccc4)CC(c4ccc(CO)cc4)O3)cc2)c1)C(Cl)(Cl)Cl. The van der Waals surface area contributed by atoms with Gasteiger partial charge in [-0.3, -0.25) is 9.69 Å². The Labute approximate surface area is 308 Å². The van der Waals surface area contributed by atoms with Gasteiger partial charge in [-0.1, -0.05) is 162 Å². The third-order valence-electron chi connectivity index (χ3n) is 8.73. The average Bonchev–Trinajstić information content (AvgIpc) is 3.14. The molecule has 1 amide bonds. The van der Waals surface area contributed by atoms with Gasteiger partial charge in [-0.15, -0.1) is 0 Å². The number of nitrogens with zero attached hydrogens (tertiary/aromatic N) is 1. The van der Waals surface area contributed by atoms with Gasteiger partial charge in [0.15, 0.2) is 6.29 Å². The topological polar surface area (TPSA) is 71.0 Å². The Hall–Kier alpha value is -3.72. The molecule has 258 valence electrons. The summed E-state index contributed by atoms with van der Waals surface area (Å²) in [6, 6.07) is 45.0. The Morgan fingerprint density at radius 3 is 1.90 bits per heavy atom. The molecule has 3 unspecified atom stereocenters. The summed E-state index contributed by atoms with van der Waals surface area (Å²) >= 11 is 17.1. The van der Waals surface area contributed by atoms with Gasteiger partial charge in [0.2, 0.25) is 0 Å². The van der Waals surface area contributed by atoms with Gasteiger partial charge in [0.05, 0.1) is 18.8 Å². The molecule has 0 aliphatic carbocycles. The fourth-order valence-electron chi connectivity index (χ4n) is 6.17. The minimum absolute atomic E-state index is 0.00700. The van der Waals surface area contributed by atoms with Crippen LogP contribution < -0.4 is 5.32 Å². The summed E-state index contributed by atoms with van der Waals surface area (Å²) in [5.41, 5.74) is 8.18. The second kappa shape index (κ2) is 17.0. The molecular formula is C41H39Cl3N2O4. The van der Waals surface area contributed by atoms with Crippen LogP contribution in [0.3, 0.4) is 0 Å². The van der Waals surface area contributed by atoms with Crippen LogP contribution in [0.25, 0.3) is 11.1 Å². The summed E-state index contributed by atoms with van der Waals surface area (Å²) in [7, 11) is 0. The van der Waals surface area contributed by atoms with E-state index in [1.807, 2.05) is 84.9 Å². The van der Waals surface area contributed by atoms with Gasteiger partial charge in [-0.25, -0.2) is 0 Å². The van der Waals surface area contributed by atoms with Crippen LogP contribution in [0.5, 0.6) is 0 Å². The average molecular weight is 730 g/mol. The van der Waals surface area contributed by atoms with E-state index in [1.165, 1.54) is 11.1 Å². The first kappa shape index (κ1) is 36.1. The number of carbonyl (C=O) groups is 1. The molecule has 9 heteroatoms. The highest BCUT2D eigenvalue weighted by Gasteiger charge is 2.33. The zero-order chi connectivity index (χ0) is 34.9. The molecule has 6 rings (SSSR count). The maximum Gasteiger partial charge on any atom is 0.272 e. The van der Waals surface area contributed by atoms with Crippen LogP contribution in [0.15, 0.2) is 133 Å². The van der Waals surface area contributed by atoms with Gasteiger partial charge < -0.3 is 19.9 Å². The van der Waals surface area contributed by atoms with Crippen molar-refractivity contribution < 1.29 is 19.4 Å². The lowest BCUT2D eigenvalue weighted by molar-refractivity contribution is -0.253. The van der Waals surface area contributed by atoms with Crippen LogP contribution in [-0.2, 0) is 40.5 Å². The summed E-state index contributed by atoms with van der Waals surface area (Å²) in [4.78, 5) is 14.5. The second-order valence-electron chi connectivity index (χ2n) is 12.5. The van der Waals surface area contributed by atoms with E-state index < -0.39 is 16.0 Å². The maximum absolute atomic E-state index is 12.0. The number of carbonyl (C=O) groups excluding carboxylic acids is 1. The molecule has 1 fully saturated rings. The monoisotopic (exact) mass is 728 g/mol. The van der Waals surface area contributed by atoms with Gasteiger partial charge in [0, 0.05) is 38.2 Å². The number of aliphatic hydroxyl groups is 1. The largest absolute Gasteiger partial charge is 0.392 e. The number of ether oxygens (including phenoxy) is 2. The Morgan fingerprint density at radius 2 is 1.30 bits per heavy atom. The number of rotatable bonds is 12. The lowest BCUT2D eigenvalue weighted by Gasteiger charge is -2.38. The van der Waals surface area contributed by atoms with Crippen molar-refractivity contribution in [2.24, 2.45) is 0 Å². The highest BCUT2D eigenvalue weighted by atomic mass is 35.6. The minimum atomic E-state index is -2.01. The van der Waals surface area contributed by atoms with Crippen LogP contribution in [0, 0.1) is 0 Å².